The molecule has 10 nitrogen and oxygen atoms in total. The van der Waals surface area contributed by atoms with Crippen molar-refractivity contribution < 1.29 is 33.0 Å². The van der Waals surface area contributed by atoms with Crippen LogP contribution in [-0.2, 0) is 35.2 Å². The molecule has 0 unspecified atom stereocenters. The second-order valence-electron chi connectivity index (χ2n) is 8.07. The summed E-state index contributed by atoms with van der Waals surface area (Å²) in [6, 6.07) is 12.5. The van der Waals surface area contributed by atoms with Gasteiger partial charge in [-0.25, -0.2) is 0 Å². The Morgan fingerprint density at radius 3 is 2.52 bits per heavy atom. The third-order valence-corrected chi connectivity index (χ3v) is 5.79. The second kappa shape index (κ2) is 13.6. The van der Waals surface area contributed by atoms with Gasteiger partial charge in [-0.15, -0.1) is 28.5 Å². The fourth-order valence-corrected chi connectivity index (χ4v) is 4.00. The van der Waals surface area contributed by atoms with Crippen molar-refractivity contribution in [1.82, 2.24) is 25.4 Å². The highest BCUT2D eigenvalue weighted by Crippen LogP contribution is 2.23. The predicted octanol–water partition coefficient (Wildman–Crippen LogP) is 4.55. The lowest BCUT2D eigenvalue weighted by atomic mass is 10.1. The molecule has 2 N–H and O–H groups in total. The van der Waals surface area contributed by atoms with Gasteiger partial charge in [0.25, 0.3) is 0 Å². The fraction of sp³-hybridized carbons (Fsp3) is 0.269. The van der Waals surface area contributed by atoms with Crippen molar-refractivity contribution in [3.63, 3.8) is 0 Å². The number of aryl methyl sites for hydroxylation is 2. The molecule has 0 radical (unpaired) electrons. The summed E-state index contributed by atoms with van der Waals surface area (Å²) in [5.41, 5.74) is 0.498. The average molecular weight is 576 g/mol. The fourth-order valence-electron chi connectivity index (χ4n) is 3.25. The normalized spacial score (nSPS) is 13.4. The van der Waals surface area contributed by atoms with Gasteiger partial charge in [0.05, 0.1) is 18.5 Å². The lowest BCUT2D eigenvalue weighted by Crippen LogP contribution is -2.18. The number of ether oxygens (including phenoxy) is 1. The summed E-state index contributed by atoms with van der Waals surface area (Å²) in [6.45, 7) is 0. The van der Waals surface area contributed by atoms with Gasteiger partial charge in [-0.1, -0.05) is 29.5 Å². The highest BCUT2D eigenvalue weighted by molar-refractivity contribution is 7.15. The van der Waals surface area contributed by atoms with Gasteiger partial charge in [0, 0.05) is 23.8 Å². The van der Waals surface area contributed by atoms with Crippen LogP contribution < -0.4 is 15.4 Å². The van der Waals surface area contributed by atoms with E-state index in [1.807, 2.05) is 0 Å². The van der Waals surface area contributed by atoms with Gasteiger partial charge in [-0.2, -0.15) is 5.10 Å². The van der Waals surface area contributed by atoms with E-state index in [4.69, 9.17) is 5.48 Å². The minimum Gasteiger partial charge on any atom is -0.406 e. The van der Waals surface area contributed by atoms with Crippen LogP contribution in [0.3, 0.4) is 0 Å². The Balaban J connectivity index is 1.30. The molecule has 14 heteroatoms. The quantitative estimate of drug-likeness (QED) is 0.252. The monoisotopic (exact) mass is 575 g/mol. The minimum atomic E-state index is -4.87. The largest absolute Gasteiger partial charge is 0.573 e. The summed E-state index contributed by atoms with van der Waals surface area (Å²) in [5, 5.41) is 21.0. The number of anilines is 2. The van der Waals surface area contributed by atoms with Crippen LogP contribution in [0, 0.1) is 0 Å². The van der Waals surface area contributed by atoms with Crippen molar-refractivity contribution in [2.45, 2.75) is 44.8 Å². The number of alkyl halides is 3. The van der Waals surface area contributed by atoms with Crippen LogP contribution in [0.15, 0.2) is 60.8 Å². The molecule has 4 aromatic rings. The predicted molar refractivity (Wildman–Crippen MR) is 141 cm³/mol. The average Bonchev–Trinajstić information content (AvgIpc) is 3.39. The van der Waals surface area contributed by atoms with E-state index in [2.05, 4.69) is 40.7 Å². The number of carbonyl (C=O) groups excluding carboxylic acids is 2. The maximum Gasteiger partial charge on any atom is 0.573 e. The van der Waals surface area contributed by atoms with Gasteiger partial charge in [0.2, 0.25) is 16.9 Å². The topological polar surface area (TPSA) is 132 Å². The van der Waals surface area contributed by atoms with Crippen LogP contribution in [0.1, 0.15) is 40.2 Å². The molecule has 3 heterocycles. The zero-order valence-electron chi connectivity index (χ0n) is 24.6. The van der Waals surface area contributed by atoms with E-state index in [1.165, 1.54) is 24.3 Å². The molecular formula is C26H24F3N7O3S. The number of amides is 2. The Labute approximate surface area is 236 Å². The molecule has 4 rings (SSSR count). The molecule has 0 spiro atoms. The van der Waals surface area contributed by atoms with E-state index in [9.17, 15) is 22.8 Å². The maximum absolute atomic E-state index is 12.4. The van der Waals surface area contributed by atoms with Crippen molar-refractivity contribution in [3.05, 3.63) is 82.8 Å². The van der Waals surface area contributed by atoms with Gasteiger partial charge in [0.15, 0.2) is 5.82 Å². The van der Waals surface area contributed by atoms with E-state index in [0.717, 1.165) is 23.5 Å². The number of rotatable bonds is 12. The van der Waals surface area contributed by atoms with E-state index in [0.29, 0.717) is 10.7 Å². The molecule has 0 fully saturated rings. The molecule has 0 aliphatic heterocycles. The molecule has 40 heavy (non-hydrogen) atoms. The zero-order valence-corrected chi connectivity index (χ0v) is 21.4. The smallest absolute Gasteiger partial charge is 0.406 e. The molecular weight excluding hydrogens is 547 g/mol. The number of pyridine rings is 1. The first-order valence-corrected chi connectivity index (χ1v) is 12.5. The summed E-state index contributed by atoms with van der Waals surface area (Å²) < 4.78 is 74.7. The first-order chi connectivity index (χ1) is 20.7. The van der Waals surface area contributed by atoms with Gasteiger partial charge >= 0.3 is 6.36 Å². The number of nitrogens with zero attached hydrogens (tertiary/aromatic N) is 5. The summed E-state index contributed by atoms with van der Waals surface area (Å²) in [5.74, 6) is -1.51. The Kier molecular flexibility index (Phi) is 7.94. The van der Waals surface area contributed by atoms with E-state index < -0.39 is 30.8 Å². The summed E-state index contributed by atoms with van der Waals surface area (Å²) >= 11 is 1.04. The Morgan fingerprint density at radius 1 is 0.925 bits per heavy atom. The van der Waals surface area contributed by atoms with E-state index >= 15 is 0 Å². The number of hydrogen-bond donors (Lipinski definition) is 2. The van der Waals surface area contributed by atoms with Crippen molar-refractivity contribution in [3.8, 4) is 5.75 Å². The second-order valence-corrected chi connectivity index (χ2v) is 9.13. The molecule has 0 atom stereocenters. The van der Waals surface area contributed by atoms with Gasteiger partial charge in [0.1, 0.15) is 10.8 Å². The standard InChI is InChI=1S/C26H24F3N7O3S/c27-26(28,29)39-20-9-5-6-17(14-20)15-22(37)31-21-12-11-18(33-34-21)7-1-2-10-24-35-36-25(40-24)32-23(38)16-19-8-3-4-13-30-19/h3-6,8-9,11-14H,1-2,7,10,15-16H2,(H,31,34,37)(H,32,36,38)/i1D2,7D2. The number of nitrogens with one attached hydrogen (secondary N) is 2. The first-order valence-electron chi connectivity index (χ1n) is 13.7. The number of benzene rings is 1. The summed E-state index contributed by atoms with van der Waals surface area (Å²) in [7, 11) is 0. The molecule has 1 aromatic carbocycles. The molecule has 0 saturated carbocycles. The molecule has 0 bridgehead atoms. The first kappa shape index (κ1) is 23.4. The van der Waals surface area contributed by atoms with Crippen LogP contribution in [0.2, 0.25) is 0 Å². The summed E-state index contributed by atoms with van der Waals surface area (Å²) in [6.07, 6.45) is -8.86. The zero-order chi connectivity index (χ0) is 32.0. The van der Waals surface area contributed by atoms with Crippen LogP contribution in [-0.4, -0.2) is 43.6 Å². The third-order valence-electron chi connectivity index (χ3n) is 4.89. The van der Waals surface area contributed by atoms with E-state index in [1.54, 1.807) is 24.4 Å². The van der Waals surface area contributed by atoms with Crippen LogP contribution in [0.25, 0.3) is 0 Å². The maximum atomic E-state index is 12.4. The van der Waals surface area contributed by atoms with E-state index in [-0.39, 0.29) is 53.8 Å². The Hall–Kier alpha value is -4.46. The lowest BCUT2D eigenvalue weighted by Gasteiger charge is -2.10. The van der Waals surface area contributed by atoms with Crippen LogP contribution in [0.4, 0.5) is 24.1 Å². The number of carbonyl (C=O) groups is 2. The van der Waals surface area contributed by atoms with Crippen molar-refractivity contribution in [1.29, 1.82) is 0 Å². The summed E-state index contributed by atoms with van der Waals surface area (Å²) in [4.78, 5) is 28.7. The highest BCUT2D eigenvalue weighted by Gasteiger charge is 2.31. The molecule has 2 amide bonds. The SMILES string of the molecule is [2H]C([2H])(CCc1nnc(NC(=O)Cc2ccccn2)s1)C([2H])([2H])c1ccc(NC(=O)Cc2cccc(OC(F)(F)F)c2)nn1. The number of aromatic nitrogens is 5. The lowest BCUT2D eigenvalue weighted by molar-refractivity contribution is -0.274. The van der Waals surface area contributed by atoms with Crippen molar-refractivity contribution in [2.24, 2.45) is 0 Å². The highest BCUT2D eigenvalue weighted by atomic mass is 32.1. The molecule has 0 aliphatic carbocycles. The van der Waals surface area contributed by atoms with Gasteiger partial charge < -0.3 is 15.4 Å². The van der Waals surface area contributed by atoms with Crippen LogP contribution in [0.5, 0.6) is 5.75 Å². The van der Waals surface area contributed by atoms with Crippen LogP contribution >= 0.6 is 11.3 Å². The third kappa shape index (κ3) is 9.69. The number of hydrogen-bond acceptors (Lipinski definition) is 9. The van der Waals surface area contributed by atoms with Crippen molar-refractivity contribution in [2.75, 3.05) is 10.6 Å². The van der Waals surface area contributed by atoms with Gasteiger partial charge in [-0.05, 0) is 61.1 Å². The Bertz CT molecular complexity index is 1590. The minimum absolute atomic E-state index is 0.0249. The van der Waals surface area contributed by atoms with Crippen molar-refractivity contribution >= 4 is 34.1 Å². The van der Waals surface area contributed by atoms with Gasteiger partial charge in [-0.3, -0.25) is 14.6 Å². The molecule has 0 aliphatic rings. The molecule has 3 aromatic heterocycles. The Morgan fingerprint density at radius 2 is 1.77 bits per heavy atom. The molecule has 0 saturated heterocycles. The molecule has 208 valence electrons. The number of halogens is 3.